The highest BCUT2D eigenvalue weighted by molar-refractivity contribution is 6.42. The van der Waals surface area contributed by atoms with Gasteiger partial charge < -0.3 is 24.5 Å². The van der Waals surface area contributed by atoms with Crippen molar-refractivity contribution in [2.75, 3.05) is 71.4 Å². The van der Waals surface area contributed by atoms with E-state index in [4.69, 9.17) is 23.2 Å². The Morgan fingerprint density at radius 1 is 0.810 bits per heavy atom. The highest BCUT2D eigenvalue weighted by Gasteiger charge is 2.39. The number of halogens is 2. The molecule has 0 spiro atoms. The van der Waals surface area contributed by atoms with Gasteiger partial charge in [0.2, 0.25) is 11.8 Å². The molecule has 0 radical (unpaired) electrons. The molecule has 0 aromatic heterocycles. The average molecular weight is 615 g/mol. The van der Waals surface area contributed by atoms with Gasteiger partial charge in [-0.15, -0.1) is 0 Å². The number of likely N-dealkylation sites (tertiary alicyclic amines) is 2. The highest BCUT2D eigenvalue weighted by Crippen LogP contribution is 2.36. The zero-order valence-corrected chi connectivity index (χ0v) is 26.3. The number of rotatable bonds is 5. The monoisotopic (exact) mass is 613 g/mol. The van der Waals surface area contributed by atoms with E-state index in [0.717, 1.165) is 37.4 Å². The Labute approximate surface area is 259 Å². The van der Waals surface area contributed by atoms with Gasteiger partial charge in [0.15, 0.2) is 0 Å². The second-order valence-corrected chi connectivity index (χ2v) is 12.8. The van der Waals surface area contributed by atoms with E-state index >= 15 is 0 Å². The van der Waals surface area contributed by atoms with Crippen molar-refractivity contribution >= 4 is 46.6 Å². The minimum Gasteiger partial charge on any atom is -0.369 e. The lowest BCUT2D eigenvalue weighted by molar-refractivity contribution is -0.141. The van der Waals surface area contributed by atoms with Crippen molar-refractivity contribution in [2.45, 2.75) is 38.1 Å². The van der Waals surface area contributed by atoms with Crippen molar-refractivity contribution in [2.24, 2.45) is 5.92 Å². The highest BCUT2D eigenvalue weighted by atomic mass is 35.5. The molecular formula is C32H41Cl2N5O3. The molecule has 0 aliphatic carbocycles. The molecule has 5 rings (SSSR count). The molecule has 10 heteroatoms. The summed E-state index contributed by atoms with van der Waals surface area (Å²) in [4.78, 5) is 49.4. The van der Waals surface area contributed by atoms with Gasteiger partial charge in [-0.3, -0.25) is 14.4 Å². The van der Waals surface area contributed by atoms with Crippen LogP contribution in [-0.4, -0.2) is 110 Å². The number of hydrogen-bond acceptors (Lipinski definition) is 5. The Balaban J connectivity index is 1.31. The van der Waals surface area contributed by atoms with Crippen molar-refractivity contribution in [1.82, 2.24) is 19.6 Å². The van der Waals surface area contributed by atoms with E-state index in [9.17, 15) is 14.4 Å². The smallest absolute Gasteiger partial charge is 0.253 e. The number of likely N-dealkylation sites (N-methyl/N-ethyl adjacent to an activating group) is 2. The van der Waals surface area contributed by atoms with E-state index in [0.29, 0.717) is 61.1 Å². The number of piperazine rings is 1. The van der Waals surface area contributed by atoms with E-state index in [1.54, 1.807) is 13.0 Å². The molecule has 226 valence electrons. The molecule has 2 aromatic rings. The molecular weight excluding hydrogens is 573 g/mol. The molecule has 3 amide bonds. The fourth-order valence-corrected chi connectivity index (χ4v) is 6.91. The Kier molecular flexibility index (Phi) is 9.65. The first-order valence-corrected chi connectivity index (χ1v) is 15.7. The minimum atomic E-state index is -0.117. The summed E-state index contributed by atoms with van der Waals surface area (Å²) in [6.07, 6.45) is 2.02. The summed E-state index contributed by atoms with van der Waals surface area (Å²) in [5.74, 6) is -0.0530. The second-order valence-electron chi connectivity index (χ2n) is 12.0. The van der Waals surface area contributed by atoms with Crippen molar-refractivity contribution in [3.05, 3.63) is 63.6 Å². The molecule has 42 heavy (non-hydrogen) atoms. The number of carbonyl (C=O) groups is 3. The molecule has 0 bridgehead atoms. The van der Waals surface area contributed by atoms with E-state index in [1.165, 1.54) is 0 Å². The fraction of sp³-hybridized carbons (Fsp3) is 0.531. The SMILES string of the molecule is CC(=O)N1CCC(C(=O)N2CC[C@@H](N(C)C(=O)c3ccc(N4CCN(C)CC4)cc3)[C@H](c3ccc(Cl)c(Cl)c3)C2)CC1. The van der Waals surface area contributed by atoms with Crippen LogP contribution in [-0.2, 0) is 9.59 Å². The zero-order chi connectivity index (χ0) is 30.0. The third-order valence-corrected chi connectivity index (χ3v) is 10.1. The molecule has 3 heterocycles. The number of anilines is 1. The van der Waals surface area contributed by atoms with Crippen LogP contribution < -0.4 is 4.90 Å². The lowest BCUT2D eigenvalue weighted by atomic mass is 9.83. The van der Waals surface area contributed by atoms with Gasteiger partial charge in [0, 0.05) is 95.5 Å². The minimum absolute atomic E-state index is 0.0358. The Bertz CT molecular complexity index is 1290. The largest absolute Gasteiger partial charge is 0.369 e. The molecule has 3 fully saturated rings. The molecule has 2 aromatic carbocycles. The van der Waals surface area contributed by atoms with Crippen LogP contribution in [0.1, 0.15) is 48.0 Å². The molecule has 3 aliphatic rings. The Morgan fingerprint density at radius 3 is 2.07 bits per heavy atom. The van der Waals surface area contributed by atoms with Crippen LogP contribution in [0.4, 0.5) is 5.69 Å². The standard InChI is InChI=1S/C32H41Cl2N5O3/c1-22(40)37-13-10-24(11-14-37)32(42)39-15-12-30(27(21-39)25-6-9-28(33)29(34)20-25)36(3)31(41)23-4-7-26(8-5-23)38-18-16-35(2)17-19-38/h4-9,20,24,27,30H,10-19,21H2,1-3H3/t27-,30+/m0/s1. The molecule has 3 aliphatic heterocycles. The van der Waals surface area contributed by atoms with Gasteiger partial charge >= 0.3 is 0 Å². The van der Waals surface area contributed by atoms with Crippen molar-refractivity contribution in [3.63, 3.8) is 0 Å². The van der Waals surface area contributed by atoms with Crippen LogP contribution in [0, 0.1) is 5.92 Å². The molecule has 2 atom stereocenters. The Morgan fingerprint density at radius 2 is 1.45 bits per heavy atom. The summed E-state index contributed by atoms with van der Waals surface area (Å²) < 4.78 is 0. The summed E-state index contributed by atoms with van der Waals surface area (Å²) in [5.41, 5.74) is 2.75. The van der Waals surface area contributed by atoms with Crippen molar-refractivity contribution in [1.29, 1.82) is 0 Å². The first-order valence-electron chi connectivity index (χ1n) is 14.9. The van der Waals surface area contributed by atoms with Crippen LogP contribution in [0.15, 0.2) is 42.5 Å². The number of carbonyl (C=O) groups excluding carboxylic acids is 3. The lowest BCUT2D eigenvalue weighted by Gasteiger charge is -2.44. The summed E-state index contributed by atoms with van der Waals surface area (Å²) in [5, 5.41) is 0.934. The van der Waals surface area contributed by atoms with Gasteiger partial charge in [-0.1, -0.05) is 29.3 Å². The number of hydrogen-bond donors (Lipinski definition) is 0. The van der Waals surface area contributed by atoms with Gasteiger partial charge in [-0.2, -0.15) is 0 Å². The van der Waals surface area contributed by atoms with Crippen LogP contribution in [0.25, 0.3) is 0 Å². The molecule has 3 saturated heterocycles. The van der Waals surface area contributed by atoms with E-state index < -0.39 is 0 Å². The third-order valence-electron chi connectivity index (χ3n) is 9.35. The van der Waals surface area contributed by atoms with E-state index in [-0.39, 0.29) is 35.6 Å². The zero-order valence-electron chi connectivity index (χ0n) is 24.8. The molecule has 8 nitrogen and oxygen atoms in total. The van der Waals surface area contributed by atoms with Crippen LogP contribution >= 0.6 is 23.2 Å². The maximum atomic E-state index is 13.8. The van der Waals surface area contributed by atoms with Crippen molar-refractivity contribution in [3.8, 4) is 0 Å². The molecule has 0 N–H and O–H groups in total. The predicted octanol–water partition coefficient (Wildman–Crippen LogP) is 4.46. The maximum Gasteiger partial charge on any atom is 0.253 e. The van der Waals surface area contributed by atoms with Gasteiger partial charge in [-0.25, -0.2) is 0 Å². The average Bonchev–Trinajstić information content (AvgIpc) is 3.01. The normalized spacial score (nSPS) is 22.3. The quantitative estimate of drug-likeness (QED) is 0.498. The third kappa shape index (κ3) is 6.71. The number of benzene rings is 2. The second kappa shape index (κ2) is 13.2. The van der Waals surface area contributed by atoms with E-state index in [2.05, 4.69) is 16.8 Å². The number of piperidine rings is 2. The van der Waals surface area contributed by atoms with Crippen molar-refractivity contribution < 1.29 is 14.4 Å². The summed E-state index contributed by atoms with van der Waals surface area (Å²) >= 11 is 12.7. The first kappa shape index (κ1) is 30.6. The number of nitrogens with zero attached hydrogens (tertiary/aromatic N) is 5. The topological polar surface area (TPSA) is 67.4 Å². The molecule has 0 saturated carbocycles. The van der Waals surface area contributed by atoms with Crippen LogP contribution in [0.5, 0.6) is 0 Å². The number of amides is 3. The maximum absolute atomic E-state index is 13.8. The van der Waals surface area contributed by atoms with Gasteiger partial charge in [0.25, 0.3) is 5.91 Å². The van der Waals surface area contributed by atoms with Gasteiger partial charge in [0.05, 0.1) is 10.0 Å². The van der Waals surface area contributed by atoms with Gasteiger partial charge in [-0.05, 0) is 68.3 Å². The van der Waals surface area contributed by atoms with Gasteiger partial charge in [0.1, 0.15) is 0 Å². The van der Waals surface area contributed by atoms with Crippen LogP contribution in [0.3, 0.4) is 0 Å². The van der Waals surface area contributed by atoms with Crippen LogP contribution in [0.2, 0.25) is 10.0 Å². The van der Waals surface area contributed by atoms with E-state index in [1.807, 2.05) is 58.1 Å². The molecule has 0 unspecified atom stereocenters. The summed E-state index contributed by atoms with van der Waals surface area (Å²) in [6.45, 7) is 7.88. The summed E-state index contributed by atoms with van der Waals surface area (Å²) in [6, 6.07) is 13.4. The first-order chi connectivity index (χ1) is 20.1. The lowest BCUT2D eigenvalue weighted by Crippen LogP contribution is -2.53. The predicted molar refractivity (Wildman–Crippen MR) is 167 cm³/mol. The fourth-order valence-electron chi connectivity index (χ4n) is 6.61. The summed E-state index contributed by atoms with van der Waals surface area (Å²) in [7, 11) is 4.00. The Hall–Kier alpha value is -2.81.